The number of nitrogens with one attached hydrogen (secondary N) is 1. The first-order chi connectivity index (χ1) is 18.3. The number of allylic oxidation sites excluding steroid dienone is 1. The normalized spacial score (nSPS) is 19.3. The highest BCUT2D eigenvalue weighted by Gasteiger charge is 2.54. The molecule has 1 aromatic rings. The molecule has 39 heavy (non-hydrogen) atoms. The lowest BCUT2D eigenvalue weighted by molar-refractivity contribution is -0.173. The van der Waals surface area contributed by atoms with Gasteiger partial charge in [-0.05, 0) is 32.4 Å². The van der Waals surface area contributed by atoms with E-state index in [0.717, 1.165) is 16.2 Å². The van der Waals surface area contributed by atoms with Crippen LogP contribution in [-0.2, 0) is 38.2 Å². The molecule has 2 atom stereocenters. The number of carbonyl (C=O) groups is 5. The number of hydrogen-bond acceptors (Lipinski definition) is 14. The number of thioether (sulfide) groups is 1. The van der Waals surface area contributed by atoms with Gasteiger partial charge in [0, 0.05) is 18.1 Å². The van der Waals surface area contributed by atoms with Gasteiger partial charge in [0.1, 0.15) is 29.4 Å². The Hall–Kier alpha value is -3.92. The number of ether oxygens (including phenoxy) is 3. The summed E-state index contributed by atoms with van der Waals surface area (Å²) < 4.78 is 15.0. The number of oxime groups is 1. The van der Waals surface area contributed by atoms with Gasteiger partial charge >= 0.3 is 17.9 Å². The van der Waals surface area contributed by atoms with Crippen molar-refractivity contribution in [1.82, 2.24) is 15.2 Å². The molecule has 210 valence electrons. The molecule has 0 spiro atoms. The SMILES string of the molecule is CC(=O)OC/C=C\C1=C(C(=O)OCOC(=O)C(C)(C)C)N2C(=O)C(NC(=O)/C(=N\O)c3csc(N)n3)[C@H]2SC1. The van der Waals surface area contributed by atoms with Gasteiger partial charge in [-0.25, -0.2) is 9.78 Å². The molecular weight excluding hydrogens is 554 g/mol. The second-order valence-corrected chi connectivity index (χ2v) is 11.2. The molecule has 0 saturated carbocycles. The van der Waals surface area contributed by atoms with Crippen LogP contribution in [0.15, 0.2) is 34.0 Å². The summed E-state index contributed by atoms with van der Waals surface area (Å²) in [4.78, 5) is 67.0. The molecule has 0 aliphatic carbocycles. The summed E-state index contributed by atoms with van der Waals surface area (Å²) in [7, 11) is 0. The molecule has 2 amide bonds. The lowest BCUT2D eigenvalue weighted by Crippen LogP contribution is -2.71. The van der Waals surface area contributed by atoms with Gasteiger partial charge in [0.2, 0.25) is 6.79 Å². The largest absolute Gasteiger partial charge is 0.462 e. The number of thiazole rings is 1. The first-order valence-corrected chi connectivity index (χ1v) is 13.3. The van der Waals surface area contributed by atoms with E-state index in [1.807, 2.05) is 0 Å². The third kappa shape index (κ3) is 6.94. The third-order valence-corrected chi connectivity index (χ3v) is 7.23. The Morgan fingerprint density at radius 1 is 1.28 bits per heavy atom. The first-order valence-electron chi connectivity index (χ1n) is 11.4. The Morgan fingerprint density at radius 2 is 2.00 bits per heavy atom. The number of nitrogens with zero attached hydrogens (tertiary/aromatic N) is 3. The van der Waals surface area contributed by atoms with Crippen LogP contribution in [0.3, 0.4) is 0 Å². The van der Waals surface area contributed by atoms with Crippen LogP contribution in [0.2, 0.25) is 0 Å². The highest BCUT2D eigenvalue weighted by molar-refractivity contribution is 8.00. The number of rotatable bonds is 9. The molecule has 0 radical (unpaired) electrons. The first kappa shape index (κ1) is 29.6. The van der Waals surface area contributed by atoms with E-state index in [4.69, 9.17) is 19.9 Å². The smallest absolute Gasteiger partial charge is 0.358 e. The molecule has 16 heteroatoms. The van der Waals surface area contributed by atoms with Crippen molar-refractivity contribution in [2.75, 3.05) is 24.9 Å². The van der Waals surface area contributed by atoms with Crippen LogP contribution in [0.4, 0.5) is 5.13 Å². The molecule has 2 aliphatic rings. The summed E-state index contributed by atoms with van der Waals surface area (Å²) in [5, 5.41) is 15.7. The van der Waals surface area contributed by atoms with Crippen LogP contribution in [0.25, 0.3) is 0 Å². The maximum atomic E-state index is 13.1. The monoisotopic (exact) mass is 581 g/mol. The van der Waals surface area contributed by atoms with Crippen molar-refractivity contribution in [3.63, 3.8) is 0 Å². The van der Waals surface area contributed by atoms with E-state index in [2.05, 4.69) is 15.5 Å². The Bertz CT molecular complexity index is 1260. The predicted molar refractivity (Wildman–Crippen MR) is 139 cm³/mol. The summed E-state index contributed by atoms with van der Waals surface area (Å²) in [6, 6.07) is -1.05. The van der Waals surface area contributed by atoms with Gasteiger partial charge in [0.15, 0.2) is 10.8 Å². The summed E-state index contributed by atoms with van der Waals surface area (Å²) in [5.74, 6) is -3.27. The molecule has 4 N–H and O–H groups in total. The number of fused-ring (bicyclic) bond motifs is 1. The van der Waals surface area contributed by atoms with E-state index in [-0.39, 0.29) is 28.9 Å². The Kier molecular flexibility index (Phi) is 9.34. The van der Waals surface area contributed by atoms with Gasteiger partial charge in [-0.15, -0.1) is 23.1 Å². The number of hydrogen-bond donors (Lipinski definition) is 3. The fourth-order valence-corrected chi connectivity index (χ4v) is 5.22. The maximum Gasteiger partial charge on any atom is 0.358 e. The van der Waals surface area contributed by atoms with Crippen LogP contribution in [0, 0.1) is 5.41 Å². The van der Waals surface area contributed by atoms with Crippen molar-refractivity contribution >= 4 is 63.7 Å². The zero-order valence-electron chi connectivity index (χ0n) is 21.5. The van der Waals surface area contributed by atoms with Crippen LogP contribution in [0.1, 0.15) is 33.4 Å². The molecule has 0 bridgehead atoms. The molecule has 1 aromatic heterocycles. The summed E-state index contributed by atoms with van der Waals surface area (Å²) >= 11 is 2.29. The predicted octanol–water partition coefficient (Wildman–Crippen LogP) is 0.767. The maximum absolute atomic E-state index is 13.1. The molecule has 0 aromatic carbocycles. The van der Waals surface area contributed by atoms with Crippen molar-refractivity contribution in [2.24, 2.45) is 10.6 Å². The molecule has 14 nitrogen and oxygen atoms in total. The fourth-order valence-electron chi connectivity index (χ4n) is 3.36. The topological polar surface area (TPSA) is 200 Å². The van der Waals surface area contributed by atoms with Gasteiger partial charge in [-0.1, -0.05) is 11.2 Å². The van der Waals surface area contributed by atoms with Crippen LogP contribution in [0.5, 0.6) is 0 Å². The molecule has 3 heterocycles. The Balaban J connectivity index is 1.77. The van der Waals surface area contributed by atoms with E-state index < -0.39 is 59.1 Å². The minimum Gasteiger partial charge on any atom is -0.462 e. The van der Waals surface area contributed by atoms with Crippen molar-refractivity contribution < 1.29 is 43.4 Å². The molecule has 1 unspecified atom stereocenters. The van der Waals surface area contributed by atoms with Crippen molar-refractivity contribution in [1.29, 1.82) is 0 Å². The number of aromatic nitrogens is 1. The van der Waals surface area contributed by atoms with E-state index in [9.17, 15) is 29.2 Å². The number of amides is 2. The Morgan fingerprint density at radius 3 is 2.59 bits per heavy atom. The standard InChI is InChI=1S/C23H27N5O9S2/c1-11(29)35-7-5-6-12-8-38-19-15(26-17(30)14(27-34)13-9-39-22(24)25-13)18(31)28(19)16(12)20(32)36-10-37-21(33)23(2,3)4/h5-6,9,15,19,34H,7-8,10H2,1-4H3,(H2,24,25)(H,26,30)/b6-5-,27-14-/t15?,19-/m1/s1. The number of nitrogen functional groups attached to an aromatic ring is 1. The minimum atomic E-state index is -1.05. The number of anilines is 1. The third-order valence-electron chi connectivity index (χ3n) is 5.25. The number of carbonyl (C=O) groups excluding carboxylic acids is 5. The van der Waals surface area contributed by atoms with Gasteiger partial charge in [-0.2, -0.15) is 0 Å². The van der Waals surface area contributed by atoms with E-state index in [1.165, 1.54) is 36.2 Å². The van der Waals surface area contributed by atoms with Crippen LogP contribution in [-0.4, -0.2) is 81.1 Å². The van der Waals surface area contributed by atoms with Crippen LogP contribution < -0.4 is 11.1 Å². The molecular formula is C23H27N5O9S2. The Labute approximate surface area is 231 Å². The minimum absolute atomic E-state index is 0.0339. The number of nitrogens with two attached hydrogens (primary N) is 1. The molecule has 3 rings (SSSR count). The summed E-state index contributed by atoms with van der Waals surface area (Å²) in [6.45, 7) is 5.43. The molecule has 2 aliphatic heterocycles. The van der Waals surface area contributed by atoms with Gasteiger partial charge < -0.3 is 30.5 Å². The van der Waals surface area contributed by atoms with E-state index in [1.54, 1.807) is 20.8 Å². The average molecular weight is 582 g/mol. The average Bonchev–Trinajstić information content (AvgIpc) is 3.29. The second-order valence-electron chi connectivity index (χ2n) is 9.19. The summed E-state index contributed by atoms with van der Waals surface area (Å²) in [6.07, 6.45) is 3.02. The number of esters is 3. The van der Waals surface area contributed by atoms with E-state index in [0.29, 0.717) is 5.57 Å². The van der Waals surface area contributed by atoms with Gasteiger partial charge in [0.25, 0.3) is 11.8 Å². The van der Waals surface area contributed by atoms with E-state index >= 15 is 0 Å². The van der Waals surface area contributed by atoms with Crippen molar-refractivity contribution in [3.05, 3.63) is 34.5 Å². The zero-order chi connectivity index (χ0) is 28.9. The lowest BCUT2D eigenvalue weighted by atomic mass is 9.98. The van der Waals surface area contributed by atoms with Crippen LogP contribution >= 0.6 is 23.1 Å². The molecule has 1 saturated heterocycles. The zero-order valence-corrected chi connectivity index (χ0v) is 23.1. The highest BCUT2D eigenvalue weighted by Crippen LogP contribution is 2.41. The van der Waals surface area contributed by atoms with Crippen molar-refractivity contribution in [2.45, 2.75) is 39.1 Å². The second kappa shape index (κ2) is 12.3. The quantitative estimate of drug-likeness (QED) is 0.0925. The highest BCUT2D eigenvalue weighted by atomic mass is 32.2. The van der Waals surface area contributed by atoms with Crippen molar-refractivity contribution in [3.8, 4) is 0 Å². The number of β-lactam (4-membered cyclic amide) rings is 1. The van der Waals surface area contributed by atoms with Gasteiger partial charge in [-0.3, -0.25) is 24.1 Å². The lowest BCUT2D eigenvalue weighted by Gasteiger charge is -2.49. The fraction of sp³-hybridized carbons (Fsp3) is 0.435. The van der Waals surface area contributed by atoms with Gasteiger partial charge in [0.05, 0.1) is 5.41 Å². The molecule has 1 fully saturated rings. The summed E-state index contributed by atoms with van der Waals surface area (Å²) in [5.41, 5.74) is 4.65.